The van der Waals surface area contributed by atoms with Gasteiger partial charge in [-0.1, -0.05) is 18.2 Å². The molecule has 3 amide bonds. The van der Waals surface area contributed by atoms with E-state index in [1.807, 2.05) is 26.0 Å². The number of nitrogens with zero attached hydrogens (tertiary/aromatic N) is 2. The zero-order chi connectivity index (χ0) is 25.9. The maximum Gasteiger partial charge on any atom is 0.408 e. The molecule has 0 heterocycles. The zero-order valence-electron chi connectivity index (χ0n) is 20.7. The van der Waals surface area contributed by atoms with Gasteiger partial charge in [-0.2, -0.15) is 5.26 Å². The Hall–Kier alpha value is -3.61. The van der Waals surface area contributed by atoms with Crippen LogP contribution >= 0.6 is 0 Å². The van der Waals surface area contributed by atoms with Gasteiger partial charge in [0.2, 0.25) is 11.8 Å². The molecule has 10 nitrogen and oxygen atoms in total. The van der Waals surface area contributed by atoms with Gasteiger partial charge >= 0.3 is 12.1 Å². The first kappa shape index (κ1) is 28.4. The number of carbonyl (C=O) groups is 4. The summed E-state index contributed by atoms with van der Waals surface area (Å²) in [5, 5.41) is 14.4. The van der Waals surface area contributed by atoms with E-state index in [0.717, 1.165) is 16.0 Å². The molecule has 1 rings (SSSR count). The van der Waals surface area contributed by atoms with Crippen LogP contribution in [0.15, 0.2) is 18.2 Å². The van der Waals surface area contributed by atoms with Crippen LogP contribution in [0.1, 0.15) is 56.8 Å². The second-order valence-corrected chi connectivity index (χ2v) is 8.57. The normalized spacial score (nSPS) is 11.6. The van der Waals surface area contributed by atoms with E-state index in [1.165, 1.54) is 0 Å². The third-order valence-electron chi connectivity index (χ3n) is 4.78. The van der Waals surface area contributed by atoms with E-state index in [1.54, 1.807) is 39.8 Å². The molecule has 1 aromatic rings. The van der Waals surface area contributed by atoms with Gasteiger partial charge in [0.25, 0.3) is 0 Å². The number of alkyl carbamates (subject to hydrolysis) is 1. The lowest BCUT2D eigenvalue weighted by Crippen LogP contribution is -2.48. The number of amides is 3. The van der Waals surface area contributed by atoms with E-state index in [2.05, 4.69) is 10.6 Å². The summed E-state index contributed by atoms with van der Waals surface area (Å²) in [6.45, 7) is 9.81. The molecule has 10 heteroatoms. The SMILES string of the molecule is CCOC(=O)CCNC(=O)C(c1cccc(C)c1C)N(CC#N)C(=O)CNC(=O)OC(C)(C)C. The zero-order valence-corrected chi connectivity index (χ0v) is 20.7. The number of hydrogen-bond donors (Lipinski definition) is 2. The number of carbonyl (C=O) groups excluding carboxylic acids is 4. The van der Waals surface area contributed by atoms with Gasteiger partial charge in [0.15, 0.2) is 0 Å². The van der Waals surface area contributed by atoms with Crippen molar-refractivity contribution >= 4 is 23.9 Å². The average Bonchev–Trinajstić information content (AvgIpc) is 2.73. The summed E-state index contributed by atoms with van der Waals surface area (Å²) in [5.41, 5.74) is 1.47. The molecule has 1 atom stereocenters. The largest absolute Gasteiger partial charge is 0.466 e. The standard InChI is InChI=1S/C24H34N4O6/c1-7-33-20(30)11-13-26-22(31)21(18-10-8-9-16(2)17(18)3)28(14-12-25)19(29)15-27-23(32)34-24(4,5)6/h8-10,21H,7,11,13-15H2,1-6H3,(H,26,31)(H,27,32). The molecule has 1 unspecified atom stereocenters. The second kappa shape index (κ2) is 13.2. The summed E-state index contributed by atoms with van der Waals surface area (Å²) in [6.07, 6.45) is -0.828. The van der Waals surface area contributed by atoms with Crippen LogP contribution in [-0.2, 0) is 23.9 Å². The van der Waals surface area contributed by atoms with Crippen molar-refractivity contribution in [2.24, 2.45) is 0 Å². The molecule has 0 saturated carbocycles. The molecule has 0 bridgehead atoms. The predicted octanol–water partition coefficient (Wildman–Crippen LogP) is 2.29. The molecule has 0 aliphatic carbocycles. The van der Waals surface area contributed by atoms with E-state index in [-0.39, 0.29) is 19.6 Å². The monoisotopic (exact) mass is 474 g/mol. The number of rotatable bonds is 10. The topological polar surface area (TPSA) is 138 Å². The highest BCUT2D eigenvalue weighted by Crippen LogP contribution is 2.26. The number of nitriles is 1. The Bertz CT molecular complexity index is 932. The maximum atomic E-state index is 13.2. The Kier molecular flexibility index (Phi) is 11.0. The molecular formula is C24H34N4O6. The number of ether oxygens (including phenoxy) is 2. The Balaban J connectivity index is 3.17. The van der Waals surface area contributed by atoms with E-state index in [9.17, 15) is 24.4 Å². The second-order valence-electron chi connectivity index (χ2n) is 8.57. The minimum atomic E-state index is -1.14. The van der Waals surface area contributed by atoms with Gasteiger partial charge in [-0.25, -0.2) is 4.79 Å². The molecule has 34 heavy (non-hydrogen) atoms. The molecule has 0 aliphatic heterocycles. The predicted molar refractivity (Wildman–Crippen MR) is 124 cm³/mol. The minimum absolute atomic E-state index is 0.00374. The summed E-state index contributed by atoms with van der Waals surface area (Å²) in [6, 6.07) is 6.10. The molecule has 186 valence electrons. The van der Waals surface area contributed by atoms with Gasteiger partial charge in [-0.15, -0.1) is 0 Å². The van der Waals surface area contributed by atoms with E-state index < -0.39 is 48.6 Å². The van der Waals surface area contributed by atoms with Crippen molar-refractivity contribution in [3.05, 3.63) is 34.9 Å². The van der Waals surface area contributed by atoms with Gasteiger partial charge in [0.1, 0.15) is 24.7 Å². The van der Waals surface area contributed by atoms with Crippen molar-refractivity contribution in [3.63, 3.8) is 0 Å². The van der Waals surface area contributed by atoms with Gasteiger partial charge in [0.05, 0.1) is 19.1 Å². The molecule has 0 saturated heterocycles. The van der Waals surface area contributed by atoms with Crippen molar-refractivity contribution in [3.8, 4) is 6.07 Å². The summed E-state index contributed by atoms with van der Waals surface area (Å²) in [7, 11) is 0. The highest BCUT2D eigenvalue weighted by atomic mass is 16.6. The van der Waals surface area contributed by atoms with Crippen molar-refractivity contribution in [1.82, 2.24) is 15.5 Å². The van der Waals surface area contributed by atoms with Crippen LogP contribution in [-0.4, -0.2) is 60.6 Å². The van der Waals surface area contributed by atoms with Crippen molar-refractivity contribution in [2.75, 3.05) is 26.2 Å². The quantitative estimate of drug-likeness (QED) is 0.392. The van der Waals surface area contributed by atoms with Crippen molar-refractivity contribution < 1.29 is 28.7 Å². The number of aryl methyl sites for hydroxylation is 1. The highest BCUT2D eigenvalue weighted by molar-refractivity contribution is 5.91. The molecule has 0 fully saturated rings. The lowest BCUT2D eigenvalue weighted by atomic mass is 9.95. The Labute approximate surface area is 200 Å². The highest BCUT2D eigenvalue weighted by Gasteiger charge is 2.33. The van der Waals surface area contributed by atoms with Crippen LogP contribution in [0, 0.1) is 25.2 Å². The third-order valence-corrected chi connectivity index (χ3v) is 4.78. The number of nitrogens with one attached hydrogen (secondary N) is 2. The van der Waals surface area contributed by atoms with Gasteiger partial charge in [-0.3, -0.25) is 14.4 Å². The van der Waals surface area contributed by atoms with Crippen LogP contribution in [0.2, 0.25) is 0 Å². The number of benzene rings is 1. The summed E-state index contributed by atoms with van der Waals surface area (Å²) >= 11 is 0. The molecule has 0 aliphatic rings. The first-order valence-corrected chi connectivity index (χ1v) is 11.0. The number of esters is 1. The molecule has 0 radical (unpaired) electrons. The van der Waals surface area contributed by atoms with Crippen molar-refractivity contribution in [2.45, 2.75) is 59.6 Å². The van der Waals surface area contributed by atoms with Crippen LogP contribution in [0.4, 0.5) is 4.79 Å². The first-order chi connectivity index (χ1) is 15.9. The fourth-order valence-electron chi connectivity index (χ4n) is 3.10. The Morgan fingerprint density at radius 3 is 2.41 bits per heavy atom. The van der Waals surface area contributed by atoms with Gasteiger partial charge < -0.3 is 25.0 Å². The molecule has 0 aromatic heterocycles. The van der Waals surface area contributed by atoms with Crippen LogP contribution in [0.25, 0.3) is 0 Å². The molecule has 0 spiro atoms. The van der Waals surface area contributed by atoms with Crippen LogP contribution < -0.4 is 10.6 Å². The fourth-order valence-corrected chi connectivity index (χ4v) is 3.10. The van der Waals surface area contributed by atoms with E-state index in [0.29, 0.717) is 5.56 Å². The van der Waals surface area contributed by atoms with Crippen molar-refractivity contribution in [1.29, 1.82) is 5.26 Å². The maximum absolute atomic E-state index is 13.2. The lowest BCUT2D eigenvalue weighted by Gasteiger charge is -2.31. The third kappa shape index (κ3) is 9.10. The fraction of sp³-hybridized carbons (Fsp3) is 0.542. The average molecular weight is 475 g/mol. The summed E-state index contributed by atoms with van der Waals surface area (Å²) in [5.74, 6) is -1.66. The van der Waals surface area contributed by atoms with Crippen LogP contribution in [0.5, 0.6) is 0 Å². The minimum Gasteiger partial charge on any atom is -0.466 e. The lowest BCUT2D eigenvalue weighted by molar-refractivity contribution is -0.143. The molecule has 2 N–H and O–H groups in total. The van der Waals surface area contributed by atoms with E-state index in [4.69, 9.17) is 9.47 Å². The molecule has 1 aromatic carbocycles. The molecular weight excluding hydrogens is 440 g/mol. The number of hydrogen-bond acceptors (Lipinski definition) is 7. The summed E-state index contributed by atoms with van der Waals surface area (Å²) in [4.78, 5) is 51.0. The Morgan fingerprint density at radius 1 is 1.15 bits per heavy atom. The smallest absolute Gasteiger partial charge is 0.408 e. The van der Waals surface area contributed by atoms with Crippen LogP contribution in [0.3, 0.4) is 0 Å². The van der Waals surface area contributed by atoms with Gasteiger partial charge in [-0.05, 0) is 58.2 Å². The van der Waals surface area contributed by atoms with Gasteiger partial charge in [0, 0.05) is 6.54 Å². The first-order valence-electron chi connectivity index (χ1n) is 11.0. The summed E-state index contributed by atoms with van der Waals surface area (Å²) < 4.78 is 10.0. The Morgan fingerprint density at radius 2 is 1.82 bits per heavy atom. The van der Waals surface area contributed by atoms with E-state index >= 15 is 0 Å².